The highest BCUT2D eigenvalue weighted by molar-refractivity contribution is 6.21. The van der Waals surface area contributed by atoms with Crippen molar-refractivity contribution < 1.29 is 14.7 Å². The minimum atomic E-state index is -0.389. The summed E-state index contributed by atoms with van der Waals surface area (Å²) in [5.74, 6) is -0.758. The maximum absolute atomic E-state index is 12.1. The van der Waals surface area contributed by atoms with Crippen LogP contribution in [0.15, 0.2) is 42.7 Å². The Morgan fingerprint density at radius 3 is 2.63 bits per heavy atom. The van der Waals surface area contributed by atoms with Gasteiger partial charge in [-0.15, -0.1) is 0 Å². The van der Waals surface area contributed by atoms with Gasteiger partial charge in [0.1, 0.15) is 5.75 Å². The first-order valence-corrected chi connectivity index (χ1v) is 5.75. The lowest BCUT2D eigenvalue weighted by Gasteiger charge is -2.13. The molecule has 0 atom stereocenters. The highest BCUT2D eigenvalue weighted by Crippen LogP contribution is 2.27. The van der Waals surface area contributed by atoms with Gasteiger partial charge >= 0.3 is 0 Å². The second-order valence-electron chi connectivity index (χ2n) is 4.29. The highest BCUT2D eigenvalue weighted by Gasteiger charge is 2.35. The molecule has 1 aromatic heterocycles. The first kappa shape index (κ1) is 11.4. The molecule has 0 saturated carbocycles. The highest BCUT2D eigenvalue weighted by atomic mass is 16.3. The van der Waals surface area contributed by atoms with Gasteiger partial charge in [0, 0.05) is 12.4 Å². The third-order valence-electron chi connectivity index (χ3n) is 3.02. The van der Waals surface area contributed by atoms with E-state index in [0.717, 1.165) is 10.5 Å². The van der Waals surface area contributed by atoms with E-state index < -0.39 is 0 Å². The van der Waals surface area contributed by atoms with Gasteiger partial charge < -0.3 is 5.11 Å². The molecule has 0 fully saturated rings. The van der Waals surface area contributed by atoms with Gasteiger partial charge in [0.15, 0.2) is 0 Å². The Hall–Kier alpha value is -2.69. The summed E-state index contributed by atoms with van der Waals surface area (Å²) in [6.45, 7) is 0.181. The molecule has 2 heterocycles. The minimum Gasteiger partial charge on any atom is -0.508 e. The van der Waals surface area contributed by atoms with Crippen LogP contribution in [0.5, 0.6) is 5.75 Å². The zero-order valence-electron chi connectivity index (χ0n) is 9.91. The van der Waals surface area contributed by atoms with Crippen LogP contribution in [0.2, 0.25) is 0 Å². The van der Waals surface area contributed by atoms with Crippen molar-refractivity contribution >= 4 is 11.8 Å². The number of amides is 2. The number of phenols is 1. The molecule has 0 unspecified atom stereocenters. The zero-order valence-corrected chi connectivity index (χ0v) is 9.91. The summed E-state index contributed by atoms with van der Waals surface area (Å²) < 4.78 is 0. The molecule has 0 radical (unpaired) electrons. The molecule has 3 rings (SSSR count). The lowest BCUT2D eigenvalue weighted by atomic mass is 10.1. The summed E-state index contributed by atoms with van der Waals surface area (Å²) >= 11 is 0. The van der Waals surface area contributed by atoms with Crippen LogP contribution in [0.25, 0.3) is 0 Å². The van der Waals surface area contributed by atoms with E-state index >= 15 is 0 Å². The number of fused-ring (bicyclic) bond motifs is 1. The summed E-state index contributed by atoms with van der Waals surface area (Å²) in [4.78, 5) is 29.4. The standard InChI is InChI=1S/C14H10N2O3/c17-10-3-4-11-12(6-10)14(19)16(13(11)18)8-9-2-1-5-15-7-9/h1-7,17H,8H2. The maximum Gasteiger partial charge on any atom is 0.262 e. The average Bonchev–Trinajstić information content (AvgIpc) is 2.65. The van der Waals surface area contributed by atoms with E-state index in [2.05, 4.69) is 4.98 Å². The van der Waals surface area contributed by atoms with Crippen molar-refractivity contribution in [1.82, 2.24) is 9.88 Å². The number of nitrogens with zero attached hydrogens (tertiary/aromatic N) is 2. The van der Waals surface area contributed by atoms with Crippen molar-refractivity contribution in [2.75, 3.05) is 0 Å². The molecule has 19 heavy (non-hydrogen) atoms. The molecule has 0 bridgehead atoms. The third kappa shape index (κ3) is 1.85. The number of carbonyl (C=O) groups excluding carboxylic acids is 2. The fourth-order valence-corrected chi connectivity index (χ4v) is 2.10. The fraction of sp³-hybridized carbons (Fsp3) is 0.0714. The minimum absolute atomic E-state index is 0.0249. The fourth-order valence-electron chi connectivity index (χ4n) is 2.10. The van der Waals surface area contributed by atoms with Crippen LogP contribution in [0.4, 0.5) is 0 Å². The lowest BCUT2D eigenvalue weighted by molar-refractivity contribution is 0.0642. The molecule has 1 aromatic carbocycles. The SMILES string of the molecule is O=C1c2ccc(O)cc2C(=O)N1Cc1cccnc1. The number of pyridine rings is 1. The number of aromatic hydroxyl groups is 1. The van der Waals surface area contributed by atoms with E-state index in [1.165, 1.54) is 18.2 Å². The molecule has 94 valence electrons. The predicted molar refractivity (Wildman–Crippen MR) is 66.5 cm³/mol. The van der Waals surface area contributed by atoms with Gasteiger partial charge in [0.25, 0.3) is 11.8 Å². The Balaban J connectivity index is 1.95. The number of carbonyl (C=O) groups is 2. The third-order valence-corrected chi connectivity index (χ3v) is 3.02. The molecular weight excluding hydrogens is 244 g/mol. The molecule has 1 N–H and O–H groups in total. The number of imide groups is 1. The van der Waals surface area contributed by atoms with Crippen LogP contribution in [-0.2, 0) is 6.54 Å². The van der Waals surface area contributed by atoms with Crippen LogP contribution in [0.3, 0.4) is 0 Å². The summed E-state index contributed by atoms with van der Waals surface area (Å²) in [5, 5.41) is 9.38. The Kier molecular flexibility index (Phi) is 2.52. The summed E-state index contributed by atoms with van der Waals surface area (Å²) in [6.07, 6.45) is 3.24. The van der Waals surface area contributed by atoms with Crippen molar-refractivity contribution in [1.29, 1.82) is 0 Å². The van der Waals surface area contributed by atoms with Crippen LogP contribution in [0.1, 0.15) is 26.3 Å². The molecule has 0 saturated heterocycles. The van der Waals surface area contributed by atoms with Gasteiger partial charge in [0.2, 0.25) is 0 Å². The van der Waals surface area contributed by atoms with Crippen LogP contribution in [-0.4, -0.2) is 26.8 Å². The van der Waals surface area contributed by atoms with Gasteiger partial charge in [-0.05, 0) is 29.8 Å². The molecule has 5 nitrogen and oxygen atoms in total. The van der Waals surface area contributed by atoms with Crippen molar-refractivity contribution in [2.45, 2.75) is 6.54 Å². The molecule has 1 aliphatic heterocycles. The second-order valence-corrected chi connectivity index (χ2v) is 4.29. The number of hydrogen-bond donors (Lipinski definition) is 1. The first-order valence-electron chi connectivity index (χ1n) is 5.75. The number of aromatic nitrogens is 1. The van der Waals surface area contributed by atoms with E-state index in [-0.39, 0.29) is 29.7 Å². The van der Waals surface area contributed by atoms with E-state index in [9.17, 15) is 14.7 Å². The Labute approximate surface area is 109 Å². The Bertz CT molecular complexity index is 668. The van der Waals surface area contributed by atoms with Crippen LogP contribution >= 0.6 is 0 Å². The Morgan fingerprint density at radius 1 is 1.11 bits per heavy atom. The Morgan fingerprint density at radius 2 is 1.89 bits per heavy atom. The predicted octanol–water partition coefficient (Wildman–Crippen LogP) is 1.58. The molecular formula is C14H10N2O3. The lowest BCUT2D eigenvalue weighted by Crippen LogP contribution is -2.29. The molecule has 1 aliphatic rings. The zero-order chi connectivity index (χ0) is 13.4. The quantitative estimate of drug-likeness (QED) is 0.826. The van der Waals surface area contributed by atoms with E-state index in [1.807, 2.05) is 0 Å². The van der Waals surface area contributed by atoms with E-state index in [0.29, 0.717) is 5.56 Å². The maximum atomic E-state index is 12.1. The largest absolute Gasteiger partial charge is 0.508 e. The van der Waals surface area contributed by atoms with Crippen molar-refractivity contribution in [2.24, 2.45) is 0 Å². The number of benzene rings is 1. The van der Waals surface area contributed by atoms with Crippen LogP contribution in [0, 0.1) is 0 Å². The summed E-state index contributed by atoms with van der Waals surface area (Å²) in [7, 11) is 0. The number of hydrogen-bond acceptors (Lipinski definition) is 4. The number of phenolic OH excluding ortho intramolecular Hbond substituents is 1. The van der Waals surface area contributed by atoms with Crippen molar-refractivity contribution in [3.05, 3.63) is 59.4 Å². The second kappa shape index (κ2) is 4.20. The average molecular weight is 254 g/mol. The molecule has 2 amide bonds. The smallest absolute Gasteiger partial charge is 0.262 e. The van der Waals surface area contributed by atoms with Crippen molar-refractivity contribution in [3.63, 3.8) is 0 Å². The summed E-state index contributed by atoms with van der Waals surface area (Å²) in [5.41, 5.74) is 1.35. The van der Waals surface area contributed by atoms with Gasteiger partial charge in [-0.25, -0.2) is 0 Å². The van der Waals surface area contributed by atoms with Crippen LogP contribution < -0.4 is 0 Å². The molecule has 0 spiro atoms. The van der Waals surface area contributed by atoms with E-state index in [4.69, 9.17) is 0 Å². The summed E-state index contributed by atoms with van der Waals surface area (Å²) in [6, 6.07) is 7.73. The topological polar surface area (TPSA) is 70.5 Å². The number of rotatable bonds is 2. The van der Waals surface area contributed by atoms with Gasteiger partial charge in [-0.2, -0.15) is 0 Å². The monoisotopic (exact) mass is 254 g/mol. The molecule has 5 heteroatoms. The van der Waals surface area contributed by atoms with E-state index in [1.54, 1.807) is 24.5 Å². The molecule has 0 aliphatic carbocycles. The van der Waals surface area contributed by atoms with Gasteiger partial charge in [0.05, 0.1) is 17.7 Å². The normalized spacial score (nSPS) is 13.8. The molecule has 2 aromatic rings. The first-order chi connectivity index (χ1) is 9.16. The van der Waals surface area contributed by atoms with Crippen molar-refractivity contribution in [3.8, 4) is 5.75 Å². The van der Waals surface area contributed by atoms with Gasteiger partial charge in [-0.1, -0.05) is 6.07 Å². The van der Waals surface area contributed by atoms with Gasteiger partial charge in [-0.3, -0.25) is 19.5 Å².